The number of sulfonamides is 1. The summed E-state index contributed by atoms with van der Waals surface area (Å²) >= 11 is 0. The van der Waals surface area contributed by atoms with Crippen molar-refractivity contribution in [2.75, 3.05) is 6.54 Å². The van der Waals surface area contributed by atoms with E-state index in [1.165, 1.54) is 18.7 Å². The van der Waals surface area contributed by atoms with E-state index >= 15 is 0 Å². The Bertz CT molecular complexity index is 600. The molecule has 1 heterocycles. The molecule has 20 heavy (non-hydrogen) atoms. The fraction of sp³-hybridized carbons (Fsp3) is 0.615. The minimum atomic E-state index is -3.80. The minimum Gasteiger partial charge on any atom is -0.350 e. The first kappa shape index (κ1) is 15.1. The maximum atomic E-state index is 12.2. The molecule has 6 nitrogen and oxygen atoms in total. The van der Waals surface area contributed by atoms with E-state index < -0.39 is 10.0 Å². The van der Waals surface area contributed by atoms with Crippen LogP contribution >= 0.6 is 0 Å². The topological polar surface area (TPSA) is 94.2 Å². The molecule has 0 aromatic carbocycles. The van der Waals surface area contributed by atoms with Crippen LogP contribution < -0.4 is 10.5 Å². The van der Waals surface area contributed by atoms with Crippen molar-refractivity contribution in [3.8, 4) is 0 Å². The number of hydrogen-bond donors (Lipinski definition) is 2. The van der Waals surface area contributed by atoms with Crippen LogP contribution in [0.5, 0.6) is 0 Å². The van der Waals surface area contributed by atoms with E-state index in [1.807, 2.05) is 13.8 Å². The highest BCUT2D eigenvalue weighted by atomic mass is 32.2. The lowest BCUT2D eigenvalue weighted by atomic mass is 9.85. The molecule has 0 radical (unpaired) electrons. The lowest BCUT2D eigenvalue weighted by molar-refractivity contribution is 0.0928. The Morgan fingerprint density at radius 2 is 2.15 bits per heavy atom. The molecule has 1 aliphatic carbocycles. The Morgan fingerprint density at radius 3 is 2.60 bits per heavy atom. The van der Waals surface area contributed by atoms with Gasteiger partial charge in [-0.1, -0.05) is 6.42 Å². The van der Waals surface area contributed by atoms with Crippen LogP contribution in [0.25, 0.3) is 0 Å². The fourth-order valence-corrected chi connectivity index (χ4v) is 2.78. The SMILES string of the molecule is CC(C)n1cc(S(N)(=O)=O)cc1C(=O)NCC1CCC1. The van der Waals surface area contributed by atoms with Gasteiger partial charge in [0.15, 0.2) is 0 Å². The van der Waals surface area contributed by atoms with E-state index in [1.54, 1.807) is 4.57 Å². The third-order valence-electron chi connectivity index (χ3n) is 3.72. The van der Waals surface area contributed by atoms with Gasteiger partial charge >= 0.3 is 0 Å². The zero-order valence-electron chi connectivity index (χ0n) is 11.8. The van der Waals surface area contributed by atoms with E-state index in [0.717, 1.165) is 12.8 Å². The van der Waals surface area contributed by atoms with Crippen molar-refractivity contribution >= 4 is 15.9 Å². The predicted molar refractivity (Wildman–Crippen MR) is 75.9 cm³/mol. The maximum absolute atomic E-state index is 12.2. The van der Waals surface area contributed by atoms with E-state index in [0.29, 0.717) is 18.2 Å². The second-order valence-corrected chi connectivity index (χ2v) is 7.18. The predicted octanol–water partition coefficient (Wildman–Crippen LogP) is 1.25. The molecule has 1 saturated carbocycles. The molecule has 0 unspecified atom stereocenters. The molecule has 1 amide bonds. The molecule has 1 aromatic rings. The second-order valence-electron chi connectivity index (χ2n) is 5.61. The van der Waals surface area contributed by atoms with Gasteiger partial charge in [0.2, 0.25) is 10.0 Å². The summed E-state index contributed by atoms with van der Waals surface area (Å²) in [5.74, 6) is 0.305. The first-order valence-electron chi connectivity index (χ1n) is 6.82. The fourth-order valence-electron chi connectivity index (χ4n) is 2.24. The summed E-state index contributed by atoms with van der Waals surface area (Å²) in [5, 5.41) is 7.98. The summed E-state index contributed by atoms with van der Waals surface area (Å²) in [6, 6.07) is 1.32. The number of nitrogens with zero attached hydrogens (tertiary/aromatic N) is 1. The number of amides is 1. The van der Waals surface area contributed by atoms with Gasteiger partial charge in [-0.05, 0) is 38.7 Å². The van der Waals surface area contributed by atoms with E-state index in [2.05, 4.69) is 5.32 Å². The van der Waals surface area contributed by atoms with Gasteiger partial charge in [0.05, 0.1) is 0 Å². The molecule has 1 fully saturated rings. The summed E-state index contributed by atoms with van der Waals surface area (Å²) in [6.45, 7) is 4.41. The summed E-state index contributed by atoms with van der Waals surface area (Å²) < 4.78 is 24.4. The molecular formula is C13H21N3O3S. The molecule has 2 rings (SSSR count). The Kier molecular flexibility index (Phi) is 4.19. The maximum Gasteiger partial charge on any atom is 0.267 e. The number of carbonyl (C=O) groups is 1. The Balaban J connectivity index is 2.19. The van der Waals surface area contributed by atoms with Crippen molar-refractivity contribution in [2.24, 2.45) is 11.1 Å². The first-order valence-corrected chi connectivity index (χ1v) is 8.36. The highest BCUT2D eigenvalue weighted by Gasteiger charge is 2.22. The van der Waals surface area contributed by atoms with Gasteiger partial charge in [0.25, 0.3) is 5.91 Å². The van der Waals surface area contributed by atoms with Gasteiger partial charge in [-0.15, -0.1) is 0 Å². The average molecular weight is 299 g/mol. The summed E-state index contributed by atoms with van der Waals surface area (Å²) in [6.07, 6.45) is 4.93. The third-order valence-corrected chi connectivity index (χ3v) is 4.60. The summed E-state index contributed by atoms with van der Waals surface area (Å²) in [5.41, 5.74) is 0.336. The Labute approximate surface area is 119 Å². The highest BCUT2D eigenvalue weighted by Crippen LogP contribution is 2.25. The average Bonchev–Trinajstić information content (AvgIpc) is 2.70. The smallest absolute Gasteiger partial charge is 0.267 e. The van der Waals surface area contributed by atoms with Gasteiger partial charge in [-0.2, -0.15) is 0 Å². The number of primary sulfonamides is 1. The molecule has 0 spiro atoms. The van der Waals surface area contributed by atoms with Crippen LogP contribution in [0.3, 0.4) is 0 Å². The zero-order valence-corrected chi connectivity index (χ0v) is 12.6. The molecule has 112 valence electrons. The van der Waals surface area contributed by atoms with Crippen LogP contribution in [0.4, 0.5) is 0 Å². The molecule has 1 aromatic heterocycles. The standard InChI is InChI=1S/C13H21N3O3S/c1-9(2)16-8-11(20(14,18)19)6-12(16)13(17)15-7-10-4-3-5-10/h6,8-10H,3-5,7H2,1-2H3,(H,15,17)(H2,14,18,19). The lowest BCUT2D eigenvalue weighted by Crippen LogP contribution is -2.33. The van der Waals surface area contributed by atoms with Gasteiger partial charge in [0, 0.05) is 18.8 Å². The number of carbonyl (C=O) groups excluding carboxylic acids is 1. The monoisotopic (exact) mass is 299 g/mol. The van der Waals surface area contributed by atoms with Crippen LogP contribution in [-0.2, 0) is 10.0 Å². The van der Waals surface area contributed by atoms with Gasteiger partial charge in [0.1, 0.15) is 10.6 Å². The number of hydrogen-bond acceptors (Lipinski definition) is 3. The third kappa shape index (κ3) is 3.21. The van der Waals surface area contributed by atoms with Crippen molar-refractivity contribution in [1.29, 1.82) is 0 Å². The van der Waals surface area contributed by atoms with Crippen LogP contribution in [0.1, 0.15) is 49.6 Å². The molecule has 0 atom stereocenters. The van der Waals surface area contributed by atoms with Gasteiger partial charge in [-0.3, -0.25) is 4.79 Å². The Morgan fingerprint density at radius 1 is 1.50 bits per heavy atom. The van der Waals surface area contributed by atoms with Crippen LogP contribution in [-0.4, -0.2) is 25.4 Å². The van der Waals surface area contributed by atoms with Crippen LogP contribution in [0, 0.1) is 5.92 Å². The quantitative estimate of drug-likeness (QED) is 0.856. The van der Waals surface area contributed by atoms with E-state index in [9.17, 15) is 13.2 Å². The number of rotatable bonds is 5. The highest BCUT2D eigenvalue weighted by molar-refractivity contribution is 7.89. The number of nitrogens with one attached hydrogen (secondary N) is 1. The summed E-state index contributed by atoms with van der Waals surface area (Å²) in [7, 11) is -3.80. The van der Waals surface area contributed by atoms with Crippen molar-refractivity contribution in [2.45, 2.75) is 44.0 Å². The molecule has 0 saturated heterocycles. The number of aromatic nitrogens is 1. The molecule has 0 bridgehead atoms. The van der Waals surface area contributed by atoms with E-state index in [4.69, 9.17) is 5.14 Å². The first-order chi connectivity index (χ1) is 9.29. The molecular weight excluding hydrogens is 278 g/mol. The Hall–Kier alpha value is -1.34. The summed E-state index contributed by atoms with van der Waals surface area (Å²) in [4.78, 5) is 12.2. The van der Waals surface area contributed by atoms with E-state index in [-0.39, 0.29) is 16.8 Å². The van der Waals surface area contributed by atoms with Crippen molar-refractivity contribution in [1.82, 2.24) is 9.88 Å². The van der Waals surface area contributed by atoms with Crippen molar-refractivity contribution < 1.29 is 13.2 Å². The number of nitrogens with two attached hydrogens (primary N) is 1. The molecule has 7 heteroatoms. The van der Waals surface area contributed by atoms with Crippen LogP contribution in [0.15, 0.2) is 17.2 Å². The van der Waals surface area contributed by atoms with Gasteiger partial charge in [-0.25, -0.2) is 13.6 Å². The second kappa shape index (κ2) is 5.57. The lowest BCUT2D eigenvalue weighted by Gasteiger charge is -2.25. The normalized spacial score (nSPS) is 16.2. The largest absolute Gasteiger partial charge is 0.350 e. The van der Waals surface area contributed by atoms with Crippen molar-refractivity contribution in [3.63, 3.8) is 0 Å². The molecule has 0 aliphatic heterocycles. The van der Waals surface area contributed by atoms with Crippen LogP contribution in [0.2, 0.25) is 0 Å². The minimum absolute atomic E-state index is 0.0186. The van der Waals surface area contributed by atoms with Gasteiger partial charge < -0.3 is 9.88 Å². The molecule has 1 aliphatic rings. The van der Waals surface area contributed by atoms with Crippen molar-refractivity contribution in [3.05, 3.63) is 18.0 Å². The molecule has 3 N–H and O–H groups in total. The zero-order chi connectivity index (χ0) is 14.9.